The molecule has 1 saturated heterocycles. The third-order valence-corrected chi connectivity index (χ3v) is 5.34. The number of anilines is 1. The first-order chi connectivity index (χ1) is 12.6. The fourth-order valence-electron chi connectivity index (χ4n) is 3.57. The Bertz CT molecular complexity index is 925. The Morgan fingerprint density at radius 3 is 2.54 bits per heavy atom. The summed E-state index contributed by atoms with van der Waals surface area (Å²) in [4.78, 5) is 21.1. The minimum absolute atomic E-state index is 0.167. The smallest absolute Gasteiger partial charge is 0.227 e. The lowest BCUT2D eigenvalue weighted by Crippen LogP contribution is -2.49. The molecule has 4 rings (SSSR count). The summed E-state index contributed by atoms with van der Waals surface area (Å²) in [5.74, 6) is 0.167. The third kappa shape index (κ3) is 3.05. The van der Waals surface area contributed by atoms with Gasteiger partial charge in [-0.2, -0.15) is 0 Å². The van der Waals surface area contributed by atoms with Crippen LogP contribution in [-0.4, -0.2) is 42.0 Å². The number of carbonyl (C=O) groups is 1. The number of fused-ring (bicyclic) bond motifs is 1. The Hall–Kier alpha value is -2.82. The second-order valence-electron chi connectivity index (χ2n) is 6.90. The molecule has 1 aliphatic rings. The van der Waals surface area contributed by atoms with E-state index >= 15 is 0 Å². The van der Waals surface area contributed by atoms with Crippen molar-refractivity contribution in [2.45, 2.75) is 20.3 Å². The van der Waals surface area contributed by atoms with Gasteiger partial charge in [0, 0.05) is 55.2 Å². The van der Waals surface area contributed by atoms with Crippen molar-refractivity contribution in [3.63, 3.8) is 0 Å². The maximum absolute atomic E-state index is 12.8. The van der Waals surface area contributed by atoms with E-state index < -0.39 is 0 Å². The van der Waals surface area contributed by atoms with Gasteiger partial charge in [-0.05, 0) is 37.1 Å². The molecule has 3 aromatic rings. The molecular weight excluding hydrogens is 326 g/mol. The second kappa shape index (κ2) is 6.83. The molecule has 134 valence electrons. The summed E-state index contributed by atoms with van der Waals surface area (Å²) >= 11 is 0. The molecule has 5 heteroatoms. The molecule has 0 unspecified atom stereocenters. The first kappa shape index (κ1) is 16.6. The molecule has 0 bridgehead atoms. The van der Waals surface area contributed by atoms with Crippen LogP contribution in [0.15, 0.2) is 47.3 Å². The molecule has 0 atom stereocenters. The van der Waals surface area contributed by atoms with Crippen molar-refractivity contribution in [1.29, 1.82) is 0 Å². The number of furan rings is 1. The van der Waals surface area contributed by atoms with E-state index in [9.17, 15) is 4.79 Å². The van der Waals surface area contributed by atoms with E-state index in [2.05, 4.69) is 35.9 Å². The summed E-state index contributed by atoms with van der Waals surface area (Å²) in [6.45, 7) is 7.32. The van der Waals surface area contributed by atoms with Gasteiger partial charge in [-0.3, -0.25) is 9.78 Å². The zero-order chi connectivity index (χ0) is 18.1. The van der Waals surface area contributed by atoms with E-state index in [1.807, 2.05) is 17.0 Å². The molecule has 5 nitrogen and oxygen atoms in total. The summed E-state index contributed by atoms with van der Waals surface area (Å²) in [7, 11) is 0. The number of aryl methyl sites for hydroxylation is 2. The van der Waals surface area contributed by atoms with Crippen LogP contribution in [0.1, 0.15) is 16.7 Å². The van der Waals surface area contributed by atoms with E-state index in [1.165, 1.54) is 11.3 Å². The molecule has 0 saturated carbocycles. The molecule has 1 fully saturated rings. The second-order valence-corrected chi connectivity index (χ2v) is 6.90. The summed E-state index contributed by atoms with van der Waals surface area (Å²) in [5.41, 5.74) is 5.39. The third-order valence-electron chi connectivity index (χ3n) is 5.34. The molecule has 0 radical (unpaired) electrons. The molecule has 26 heavy (non-hydrogen) atoms. The van der Waals surface area contributed by atoms with Crippen molar-refractivity contribution >= 4 is 22.6 Å². The molecule has 0 aliphatic carbocycles. The quantitative estimate of drug-likeness (QED) is 0.728. The van der Waals surface area contributed by atoms with Crippen LogP contribution in [0.25, 0.3) is 11.0 Å². The van der Waals surface area contributed by atoms with Gasteiger partial charge in [0.15, 0.2) is 0 Å². The van der Waals surface area contributed by atoms with Crippen LogP contribution in [0.4, 0.5) is 5.69 Å². The molecule has 1 amide bonds. The number of nitrogens with zero attached hydrogens (tertiary/aromatic N) is 3. The molecule has 2 aromatic heterocycles. The SMILES string of the molecule is Cc1ccc2c(CC(=O)N3CCN(c4ccncc4)CC3)coc2c1C. The number of amides is 1. The first-order valence-corrected chi connectivity index (χ1v) is 9.02. The van der Waals surface area contributed by atoms with Gasteiger partial charge >= 0.3 is 0 Å². The zero-order valence-corrected chi connectivity index (χ0v) is 15.2. The Kier molecular flexibility index (Phi) is 4.37. The van der Waals surface area contributed by atoms with Gasteiger partial charge < -0.3 is 14.2 Å². The maximum atomic E-state index is 12.8. The van der Waals surface area contributed by atoms with Gasteiger partial charge in [0.25, 0.3) is 0 Å². The predicted molar refractivity (Wildman–Crippen MR) is 102 cm³/mol. The van der Waals surface area contributed by atoms with Crippen LogP contribution in [0.5, 0.6) is 0 Å². The Morgan fingerprint density at radius 2 is 1.81 bits per heavy atom. The van der Waals surface area contributed by atoms with E-state index in [4.69, 9.17) is 4.42 Å². The van der Waals surface area contributed by atoms with Crippen molar-refractivity contribution in [2.24, 2.45) is 0 Å². The lowest BCUT2D eigenvalue weighted by molar-refractivity contribution is -0.130. The van der Waals surface area contributed by atoms with Crippen LogP contribution >= 0.6 is 0 Å². The molecule has 1 aliphatic heterocycles. The lowest BCUT2D eigenvalue weighted by Gasteiger charge is -2.36. The van der Waals surface area contributed by atoms with E-state index in [-0.39, 0.29) is 5.91 Å². The van der Waals surface area contributed by atoms with E-state index in [1.54, 1.807) is 18.7 Å². The molecule has 0 spiro atoms. The van der Waals surface area contributed by atoms with Gasteiger partial charge in [-0.1, -0.05) is 12.1 Å². The van der Waals surface area contributed by atoms with Crippen LogP contribution < -0.4 is 4.90 Å². The maximum Gasteiger partial charge on any atom is 0.227 e. The van der Waals surface area contributed by atoms with Crippen molar-refractivity contribution < 1.29 is 9.21 Å². The Labute approximate surface area is 153 Å². The average Bonchev–Trinajstić information content (AvgIpc) is 3.09. The van der Waals surface area contributed by atoms with E-state index in [0.29, 0.717) is 6.42 Å². The summed E-state index contributed by atoms with van der Waals surface area (Å²) in [6, 6.07) is 8.18. The van der Waals surface area contributed by atoms with Gasteiger partial charge in [-0.25, -0.2) is 0 Å². The van der Waals surface area contributed by atoms with Crippen molar-refractivity contribution in [2.75, 3.05) is 31.1 Å². The number of carbonyl (C=O) groups excluding carboxylic acids is 1. The van der Waals surface area contributed by atoms with Gasteiger partial charge in [-0.15, -0.1) is 0 Å². The highest BCUT2D eigenvalue weighted by Gasteiger charge is 2.22. The van der Waals surface area contributed by atoms with Crippen molar-refractivity contribution in [1.82, 2.24) is 9.88 Å². The highest BCUT2D eigenvalue weighted by molar-refractivity contribution is 5.89. The number of pyridine rings is 1. The molecule has 0 N–H and O–H groups in total. The standard InChI is InChI=1S/C21H23N3O2/c1-15-3-4-19-17(14-26-21(19)16(15)2)13-20(25)24-11-9-23(10-12-24)18-5-7-22-8-6-18/h3-8,14H,9-13H2,1-2H3. The highest BCUT2D eigenvalue weighted by atomic mass is 16.3. The van der Waals surface area contributed by atoms with Crippen molar-refractivity contribution in [3.8, 4) is 0 Å². The minimum atomic E-state index is 0.167. The average molecular weight is 349 g/mol. The topological polar surface area (TPSA) is 49.6 Å². The fourth-order valence-corrected chi connectivity index (χ4v) is 3.57. The van der Waals surface area contributed by atoms with Crippen LogP contribution in [0, 0.1) is 13.8 Å². The monoisotopic (exact) mass is 349 g/mol. The lowest BCUT2D eigenvalue weighted by atomic mass is 10.0. The predicted octanol–water partition coefficient (Wildman–Crippen LogP) is 3.34. The number of benzene rings is 1. The summed E-state index contributed by atoms with van der Waals surface area (Å²) < 4.78 is 5.74. The Morgan fingerprint density at radius 1 is 1.08 bits per heavy atom. The summed E-state index contributed by atoms with van der Waals surface area (Å²) in [6.07, 6.45) is 5.74. The highest BCUT2D eigenvalue weighted by Crippen LogP contribution is 2.27. The van der Waals surface area contributed by atoms with Crippen LogP contribution in [0.2, 0.25) is 0 Å². The molecule has 3 heterocycles. The zero-order valence-electron chi connectivity index (χ0n) is 15.2. The number of hydrogen-bond acceptors (Lipinski definition) is 4. The van der Waals surface area contributed by atoms with Crippen LogP contribution in [-0.2, 0) is 11.2 Å². The number of piperazine rings is 1. The number of aromatic nitrogens is 1. The Balaban J connectivity index is 1.43. The normalized spacial score (nSPS) is 14.8. The fraction of sp³-hybridized carbons (Fsp3) is 0.333. The largest absolute Gasteiger partial charge is 0.464 e. The van der Waals surface area contributed by atoms with Gasteiger partial charge in [0.1, 0.15) is 5.58 Å². The first-order valence-electron chi connectivity index (χ1n) is 9.02. The van der Waals surface area contributed by atoms with Crippen LogP contribution in [0.3, 0.4) is 0 Å². The number of hydrogen-bond donors (Lipinski definition) is 0. The summed E-state index contributed by atoms with van der Waals surface area (Å²) in [5, 5.41) is 1.05. The van der Waals surface area contributed by atoms with E-state index in [0.717, 1.165) is 48.3 Å². The van der Waals surface area contributed by atoms with Gasteiger partial charge in [0.2, 0.25) is 5.91 Å². The van der Waals surface area contributed by atoms with Crippen molar-refractivity contribution in [3.05, 3.63) is 59.6 Å². The molecule has 1 aromatic carbocycles. The number of rotatable bonds is 3. The molecular formula is C21H23N3O2. The van der Waals surface area contributed by atoms with Gasteiger partial charge in [0.05, 0.1) is 12.7 Å². The minimum Gasteiger partial charge on any atom is -0.464 e.